The number of carbonyl (C=O) groups is 1. The Hall–Kier alpha value is -1.28. The zero-order valence-corrected chi connectivity index (χ0v) is 11.9. The summed E-state index contributed by atoms with van der Waals surface area (Å²) >= 11 is 1.55. The van der Waals surface area contributed by atoms with Crippen LogP contribution in [0, 0.1) is 0 Å². The third kappa shape index (κ3) is 3.01. The average molecular weight is 302 g/mol. The summed E-state index contributed by atoms with van der Waals surface area (Å²) in [4.78, 5) is 16.8. The van der Waals surface area contributed by atoms with Crippen LogP contribution in [-0.2, 0) is 9.84 Å². The molecule has 0 bridgehead atoms. The molecule has 1 N–H and O–H groups in total. The summed E-state index contributed by atoms with van der Waals surface area (Å²) in [6.07, 6.45) is 3.98. The minimum atomic E-state index is -3.28. The Morgan fingerprint density at radius 1 is 1.58 bits per heavy atom. The van der Waals surface area contributed by atoms with E-state index in [1.165, 1.54) is 24.7 Å². The Balaban J connectivity index is 2.46. The molecule has 0 spiro atoms. The van der Waals surface area contributed by atoms with Gasteiger partial charge >= 0.3 is 5.97 Å². The van der Waals surface area contributed by atoms with Gasteiger partial charge in [0.2, 0.25) is 0 Å². The van der Waals surface area contributed by atoms with Crippen LogP contribution >= 0.6 is 11.8 Å². The number of nitrogens with zero attached hydrogens (tertiary/aromatic N) is 2. The third-order valence-electron chi connectivity index (χ3n) is 2.92. The van der Waals surface area contributed by atoms with E-state index in [-0.39, 0.29) is 5.56 Å². The van der Waals surface area contributed by atoms with Gasteiger partial charge in [0.1, 0.15) is 5.37 Å². The molecule has 0 aromatic carbocycles. The minimum Gasteiger partial charge on any atom is -0.478 e. The van der Waals surface area contributed by atoms with E-state index in [1.54, 1.807) is 16.7 Å². The molecule has 1 aromatic heterocycles. The van der Waals surface area contributed by atoms with Crippen LogP contribution in [0.4, 0.5) is 5.69 Å². The molecule has 1 saturated heterocycles. The van der Waals surface area contributed by atoms with Gasteiger partial charge in [-0.1, -0.05) is 0 Å². The van der Waals surface area contributed by atoms with Gasteiger partial charge in [-0.3, -0.25) is 4.98 Å². The van der Waals surface area contributed by atoms with E-state index in [4.69, 9.17) is 0 Å². The first kappa shape index (κ1) is 14.1. The molecule has 1 atom stereocenters. The van der Waals surface area contributed by atoms with Crippen molar-refractivity contribution >= 4 is 33.3 Å². The van der Waals surface area contributed by atoms with Crippen molar-refractivity contribution < 1.29 is 18.3 Å². The number of rotatable bonds is 3. The molecule has 6 nitrogen and oxygen atoms in total. The lowest BCUT2D eigenvalue weighted by atomic mass is 10.2. The van der Waals surface area contributed by atoms with Crippen LogP contribution < -0.4 is 4.90 Å². The molecule has 2 heterocycles. The summed E-state index contributed by atoms with van der Waals surface area (Å²) in [5, 5.41) is 8.48. The van der Waals surface area contributed by atoms with E-state index in [0.29, 0.717) is 18.0 Å². The van der Waals surface area contributed by atoms with Crippen LogP contribution in [0.1, 0.15) is 10.4 Å². The molecule has 2 rings (SSSR count). The quantitative estimate of drug-likeness (QED) is 0.879. The number of pyridine rings is 1. The van der Waals surface area contributed by atoms with Gasteiger partial charge in [0, 0.05) is 30.5 Å². The topological polar surface area (TPSA) is 87.6 Å². The van der Waals surface area contributed by atoms with Crippen LogP contribution in [0.15, 0.2) is 18.5 Å². The van der Waals surface area contributed by atoms with Gasteiger partial charge in [-0.05, 0) is 6.07 Å². The molecule has 8 heteroatoms. The van der Waals surface area contributed by atoms with E-state index >= 15 is 0 Å². The Morgan fingerprint density at radius 3 is 2.95 bits per heavy atom. The first-order valence-electron chi connectivity index (χ1n) is 5.62. The molecule has 1 aliphatic rings. The minimum absolute atomic E-state index is 0.0792. The molecule has 1 aliphatic heterocycles. The molecular formula is C11H14N2O4S2. The average Bonchev–Trinajstić information content (AvgIpc) is 2.37. The predicted molar refractivity (Wildman–Crippen MR) is 74.5 cm³/mol. The molecule has 0 saturated carbocycles. The van der Waals surface area contributed by atoms with Crippen molar-refractivity contribution in [2.24, 2.45) is 0 Å². The Kier molecular flexibility index (Phi) is 4.00. The highest BCUT2D eigenvalue weighted by Crippen LogP contribution is 2.28. The standard InChI is InChI=1S/C11H14N2O4S2/c1-19(16,17)10-7-18-5-4-13(10)9-6-12-3-2-8(9)11(14)15/h2-3,6,10H,4-5,7H2,1H3,(H,14,15). The maximum atomic E-state index is 11.8. The predicted octanol–water partition coefficient (Wildman–Crippen LogP) is 0.704. The van der Waals surface area contributed by atoms with Crippen LogP contribution in [0.5, 0.6) is 0 Å². The van der Waals surface area contributed by atoms with Crippen LogP contribution in [0.2, 0.25) is 0 Å². The Morgan fingerprint density at radius 2 is 2.32 bits per heavy atom. The van der Waals surface area contributed by atoms with Crippen molar-refractivity contribution in [1.29, 1.82) is 0 Å². The van der Waals surface area contributed by atoms with Crippen molar-refractivity contribution in [3.63, 3.8) is 0 Å². The van der Waals surface area contributed by atoms with Crippen LogP contribution in [-0.4, -0.2) is 54.2 Å². The lowest BCUT2D eigenvalue weighted by molar-refractivity contribution is 0.0697. The van der Waals surface area contributed by atoms with Crippen molar-refractivity contribution in [2.75, 3.05) is 29.2 Å². The highest BCUT2D eigenvalue weighted by molar-refractivity contribution is 8.01. The van der Waals surface area contributed by atoms with Crippen LogP contribution in [0.3, 0.4) is 0 Å². The van der Waals surface area contributed by atoms with Crippen molar-refractivity contribution in [1.82, 2.24) is 4.98 Å². The lowest BCUT2D eigenvalue weighted by Crippen LogP contribution is -2.47. The molecule has 1 unspecified atom stereocenters. The van der Waals surface area contributed by atoms with Gasteiger partial charge < -0.3 is 10.0 Å². The normalized spacial score (nSPS) is 20.3. The number of anilines is 1. The molecular weight excluding hydrogens is 288 g/mol. The van der Waals surface area contributed by atoms with E-state index < -0.39 is 21.2 Å². The van der Waals surface area contributed by atoms with Gasteiger partial charge in [-0.25, -0.2) is 13.2 Å². The van der Waals surface area contributed by atoms with Crippen molar-refractivity contribution in [2.45, 2.75) is 5.37 Å². The molecule has 1 fully saturated rings. The van der Waals surface area contributed by atoms with E-state index in [1.807, 2.05) is 0 Å². The Bertz CT molecular complexity index is 588. The first-order chi connectivity index (χ1) is 8.91. The number of hydrogen-bond acceptors (Lipinski definition) is 6. The van der Waals surface area contributed by atoms with Crippen molar-refractivity contribution in [3.8, 4) is 0 Å². The smallest absolute Gasteiger partial charge is 0.337 e. The summed E-state index contributed by atoms with van der Waals surface area (Å²) in [6.45, 7) is 0.494. The van der Waals surface area contributed by atoms with Gasteiger partial charge in [-0.15, -0.1) is 0 Å². The Labute approximate surface area is 115 Å². The lowest BCUT2D eigenvalue weighted by Gasteiger charge is -2.36. The summed E-state index contributed by atoms with van der Waals surface area (Å²) in [5.74, 6) is 0.120. The summed E-state index contributed by atoms with van der Waals surface area (Å²) in [7, 11) is -3.28. The fourth-order valence-electron chi connectivity index (χ4n) is 2.01. The molecule has 0 amide bonds. The second kappa shape index (κ2) is 5.38. The number of aromatic carboxylic acids is 1. The van der Waals surface area contributed by atoms with E-state index in [0.717, 1.165) is 5.75 Å². The van der Waals surface area contributed by atoms with E-state index in [9.17, 15) is 18.3 Å². The molecule has 19 heavy (non-hydrogen) atoms. The first-order valence-corrected chi connectivity index (χ1v) is 8.72. The number of carboxylic acids is 1. The largest absolute Gasteiger partial charge is 0.478 e. The number of thioether (sulfide) groups is 1. The number of sulfone groups is 1. The highest BCUT2D eigenvalue weighted by atomic mass is 32.2. The zero-order chi connectivity index (χ0) is 14.0. The molecule has 0 radical (unpaired) electrons. The van der Waals surface area contributed by atoms with Gasteiger partial charge in [0.05, 0.1) is 17.4 Å². The maximum Gasteiger partial charge on any atom is 0.337 e. The number of carboxylic acid groups (broad SMARTS) is 1. The summed E-state index contributed by atoms with van der Waals surface area (Å²) in [6, 6.07) is 1.39. The van der Waals surface area contributed by atoms with Gasteiger partial charge in [-0.2, -0.15) is 11.8 Å². The molecule has 0 aliphatic carbocycles. The fourth-order valence-corrected chi connectivity index (χ4v) is 4.84. The van der Waals surface area contributed by atoms with Gasteiger partial charge in [0.15, 0.2) is 9.84 Å². The third-order valence-corrected chi connectivity index (χ3v) is 5.56. The van der Waals surface area contributed by atoms with E-state index in [2.05, 4.69) is 4.98 Å². The maximum absolute atomic E-state index is 11.8. The molecule has 104 valence electrons. The number of aromatic nitrogens is 1. The highest BCUT2D eigenvalue weighted by Gasteiger charge is 2.33. The second-order valence-corrected chi connectivity index (χ2v) is 7.60. The summed E-state index contributed by atoms with van der Waals surface area (Å²) < 4.78 is 23.7. The summed E-state index contributed by atoms with van der Waals surface area (Å²) in [5.41, 5.74) is 0.446. The number of hydrogen-bond donors (Lipinski definition) is 1. The SMILES string of the molecule is CS(=O)(=O)C1CSCCN1c1cnccc1C(=O)O. The van der Waals surface area contributed by atoms with Gasteiger partial charge in [0.25, 0.3) is 0 Å². The second-order valence-electron chi connectivity index (χ2n) is 4.25. The fraction of sp³-hybridized carbons (Fsp3) is 0.455. The zero-order valence-electron chi connectivity index (χ0n) is 10.3. The monoisotopic (exact) mass is 302 g/mol. The molecule has 1 aromatic rings. The van der Waals surface area contributed by atoms with Crippen LogP contribution in [0.25, 0.3) is 0 Å². The van der Waals surface area contributed by atoms with Crippen molar-refractivity contribution in [3.05, 3.63) is 24.0 Å².